The summed E-state index contributed by atoms with van der Waals surface area (Å²) in [5.74, 6) is -3.94. The summed E-state index contributed by atoms with van der Waals surface area (Å²) in [6.07, 6.45) is 3.13. The largest absolute Gasteiger partial charge is 0.454 e. The van der Waals surface area contributed by atoms with Crippen LogP contribution in [0.3, 0.4) is 0 Å². The molecule has 8 atom stereocenters. The summed E-state index contributed by atoms with van der Waals surface area (Å²) in [6.45, 7) is 5.73. The van der Waals surface area contributed by atoms with Crippen molar-refractivity contribution in [1.29, 1.82) is 0 Å². The Hall–Kier alpha value is -3.48. The maximum absolute atomic E-state index is 17.6. The molecule has 236 valence electrons. The summed E-state index contributed by atoms with van der Waals surface area (Å²) in [5, 5.41) is 21.4. The molecule has 11 nitrogen and oxygen atoms in total. The molecule has 44 heavy (non-hydrogen) atoms. The van der Waals surface area contributed by atoms with Crippen LogP contribution in [-0.2, 0) is 35.2 Å². The number of hydrogen-bond acceptors (Lipinski definition) is 10. The highest BCUT2D eigenvalue weighted by molar-refractivity contribution is 6.01. The average Bonchev–Trinajstić information content (AvgIpc) is 3.37. The Balaban J connectivity index is 1.31. The van der Waals surface area contributed by atoms with Gasteiger partial charge in [0.2, 0.25) is 5.78 Å². The molecule has 1 aliphatic heterocycles. The van der Waals surface area contributed by atoms with Gasteiger partial charge >= 0.3 is 5.97 Å². The van der Waals surface area contributed by atoms with E-state index in [0.717, 1.165) is 0 Å². The molecule has 4 aliphatic carbocycles. The molecule has 0 bridgehead atoms. The second-order valence-electron chi connectivity index (χ2n) is 13.5. The number of esters is 1. The van der Waals surface area contributed by atoms with Gasteiger partial charge in [-0.2, -0.15) is 0 Å². The molecule has 4 fully saturated rings. The number of benzene rings is 1. The minimum absolute atomic E-state index is 0.00394. The van der Waals surface area contributed by atoms with E-state index in [-0.39, 0.29) is 23.3 Å². The number of nitrogens with zero attached hydrogens (tertiary/aromatic N) is 1. The third-order valence-corrected chi connectivity index (χ3v) is 10.9. The van der Waals surface area contributed by atoms with Crippen LogP contribution in [0.1, 0.15) is 69.3 Å². The van der Waals surface area contributed by atoms with E-state index in [2.05, 4.69) is 4.84 Å². The molecule has 1 aromatic rings. The van der Waals surface area contributed by atoms with E-state index in [9.17, 15) is 29.6 Å². The average molecular weight is 614 g/mol. The fourth-order valence-electron chi connectivity index (χ4n) is 9.09. The van der Waals surface area contributed by atoms with Gasteiger partial charge in [0.15, 0.2) is 29.4 Å². The van der Waals surface area contributed by atoms with Gasteiger partial charge in [-0.25, -0.2) is 9.18 Å². The fourth-order valence-corrected chi connectivity index (χ4v) is 9.09. The number of ether oxygens (including phenoxy) is 3. The van der Waals surface area contributed by atoms with Crippen molar-refractivity contribution in [3.05, 3.63) is 69.3 Å². The summed E-state index contributed by atoms with van der Waals surface area (Å²) < 4.78 is 35.8. The van der Waals surface area contributed by atoms with E-state index in [4.69, 9.17) is 14.2 Å². The van der Waals surface area contributed by atoms with Crippen LogP contribution in [-0.4, -0.2) is 63.6 Å². The van der Waals surface area contributed by atoms with Gasteiger partial charge in [-0.3, -0.25) is 9.59 Å². The number of fused-ring (bicyclic) bond motifs is 7. The normalized spacial score (nSPS) is 39.8. The number of aliphatic hydroxyl groups excluding tert-OH is 1. The van der Waals surface area contributed by atoms with Crippen LogP contribution < -0.4 is 0 Å². The molecule has 0 spiro atoms. The van der Waals surface area contributed by atoms with E-state index < -0.39 is 82.0 Å². The first kappa shape index (κ1) is 30.5. The Kier molecular flexibility index (Phi) is 6.95. The number of halogens is 1. The van der Waals surface area contributed by atoms with E-state index in [1.165, 1.54) is 24.3 Å². The smallest absolute Gasteiger partial charge is 0.338 e. The van der Waals surface area contributed by atoms with Gasteiger partial charge in [0.1, 0.15) is 6.61 Å². The Morgan fingerprint density at radius 1 is 1.18 bits per heavy atom. The van der Waals surface area contributed by atoms with Crippen molar-refractivity contribution in [2.75, 3.05) is 6.61 Å². The SMILES string of the molecule is CC1(C)O[C@@H]2C[C@H]3C4CCC5=CC(=O)C=C[C@]5(C)[C@@]4(F)[C@@H](O)C[C@]3(C)[C@]2(C(=O)COC(=O)c2ccccc2CO[N+](=O)[O-])O1. The molecule has 0 radical (unpaired) electrons. The van der Waals surface area contributed by atoms with Crippen LogP contribution in [0.2, 0.25) is 0 Å². The second-order valence-corrected chi connectivity index (χ2v) is 13.5. The molecule has 12 heteroatoms. The quantitative estimate of drug-likeness (QED) is 0.272. The Morgan fingerprint density at radius 2 is 1.91 bits per heavy atom. The van der Waals surface area contributed by atoms with Gasteiger partial charge in [0, 0.05) is 16.7 Å². The van der Waals surface area contributed by atoms with Gasteiger partial charge in [-0.15, -0.1) is 10.1 Å². The monoisotopic (exact) mass is 613 g/mol. The standard InChI is InChI=1S/C32H36FNO10/c1-28(2)43-26-14-23-22-10-9-19-13-20(35)11-12-29(19,3)31(22,33)24(36)15-30(23,4)32(26,44-28)25(37)17-41-27(38)21-8-6-5-7-18(21)16-42-34(39)40/h5-8,11-13,22-24,26,36H,9-10,14-17H2,1-4H3/t22?,23-,24-,26+,29-,30-,31-,32+/m0/s1. The molecule has 1 aromatic carbocycles. The molecule has 3 saturated carbocycles. The zero-order valence-corrected chi connectivity index (χ0v) is 25.0. The minimum Gasteiger partial charge on any atom is -0.454 e. The molecule has 1 heterocycles. The molecule has 0 amide bonds. The Bertz CT molecular complexity index is 1510. The number of hydrogen-bond donors (Lipinski definition) is 1. The zero-order valence-electron chi connectivity index (χ0n) is 25.0. The second kappa shape index (κ2) is 10.0. The van der Waals surface area contributed by atoms with Gasteiger partial charge in [-0.1, -0.05) is 36.8 Å². The summed E-state index contributed by atoms with van der Waals surface area (Å²) in [6, 6.07) is 6.03. The topological polar surface area (TPSA) is 152 Å². The third kappa shape index (κ3) is 4.13. The molecule has 0 aromatic heterocycles. The predicted molar refractivity (Wildman–Crippen MR) is 150 cm³/mol. The summed E-state index contributed by atoms with van der Waals surface area (Å²) in [5.41, 5.74) is -5.16. The van der Waals surface area contributed by atoms with Crippen LogP contribution in [0.25, 0.3) is 0 Å². The van der Waals surface area contributed by atoms with E-state index >= 15 is 4.39 Å². The van der Waals surface area contributed by atoms with Crippen molar-refractivity contribution in [2.45, 2.75) is 89.2 Å². The van der Waals surface area contributed by atoms with Gasteiger partial charge in [0.05, 0.1) is 17.8 Å². The molecule has 6 rings (SSSR count). The lowest BCUT2D eigenvalue weighted by Crippen LogP contribution is -2.70. The molecule has 1 N–H and O–H groups in total. The number of Topliss-reactive ketones (excluding diaryl/α,β-unsaturated/α-hetero) is 1. The number of carbonyl (C=O) groups is 3. The van der Waals surface area contributed by atoms with Crippen molar-refractivity contribution >= 4 is 17.5 Å². The summed E-state index contributed by atoms with van der Waals surface area (Å²) in [7, 11) is 0. The molecular weight excluding hydrogens is 577 g/mol. The van der Waals surface area contributed by atoms with Crippen molar-refractivity contribution in [3.63, 3.8) is 0 Å². The Morgan fingerprint density at radius 3 is 2.64 bits per heavy atom. The summed E-state index contributed by atoms with van der Waals surface area (Å²) >= 11 is 0. The number of alkyl halides is 1. The molecular formula is C32H36FNO10. The molecule has 1 unspecified atom stereocenters. The molecule has 5 aliphatic rings. The highest BCUT2D eigenvalue weighted by atomic mass is 19.1. The number of allylic oxidation sites excluding steroid dienone is 4. The van der Waals surface area contributed by atoms with Crippen molar-refractivity contribution in [2.24, 2.45) is 22.7 Å². The lowest BCUT2D eigenvalue weighted by molar-refractivity contribution is -0.763. The highest BCUT2D eigenvalue weighted by Gasteiger charge is 2.80. The van der Waals surface area contributed by atoms with Crippen LogP contribution in [0.4, 0.5) is 4.39 Å². The van der Waals surface area contributed by atoms with Gasteiger partial charge in [-0.05, 0) is 76.2 Å². The number of aliphatic hydroxyl groups is 1. The first-order chi connectivity index (χ1) is 20.6. The van der Waals surface area contributed by atoms with Crippen LogP contribution in [0.15, 0.2) is 48.1 Å². The third-order valence-electron chi connectivity index (χ3n) is 10.9. The van der Waals surface area contributed by atoms with Gasteiger partial charge < -0.3 is 24.2 Å². The fraction of sp³-hybridized carbons (Fsp3) is 0.594. The first-order valence-corrected chi connectivity index (χ1v) is 14.8. The van der Waals surface area contributed by atoms with Crippen LogP contribution >= 0.6 is 0 Å². The summed E-state index contributed by atoms with van der Waals surface area (Å²) in [4.78, 5) is 54.6. The maximum Gasteiger partial charge on any atom is 0.338 e. The lowest BCUT2D eigenvalue weighted by atomic mass is 9.44. The van der Waals surface area contributed by atoms with Crippen molar-refractivity contribution in [1.82, 2.24) is 0 Å². The van der Waals surface area contributed by atoms with Gasteiger partial charge in [0.25, 0.3) is 5.09 Å². The number of carbonyl (C=O) groups excluding carboxylic acids is 3. The van der Waals surface area contributed by atoms with Crippen molar-refractivity contribution in [3.8, 4) is 0 Å². The number of rotatable bonds is 7. The van der Waals surface area contributed by atoms with E-state index in [0.29, 0.717) is 24.8 Å². The maximum atomic E-state index is 17.6. The van der Waals surface area contributed by atoms with Crippen molar-refractivity contribution < 1.29 is 48.0 Å². The molecule has 1 saturated heterocycles. The minimum atomic E-state index is -2.10. The lowest BCUT2D eigenvalue weighted by Gasteiger charge is -2.62. The van der Waals surface area contributed by atoms with E-state index in [1.54, 1.807) is 39.0 Å². The number of ketones is 2. The predicted octanol–water partition coefficient (Wildman–Crippen LogP) is 3.99. The highest BCUT2D eigenvalue weighted by Crippen LogP contribution is 2.72. The van der Waals surface area contributed by atoms with Crippen LogP contribution in [0.5, 0.6) is 0 Å². The van der Waals surface area contributed by atoms with E-state index in [1.807, 2.05) is 6.92 Å². The Labute approximate surface area is 253 Å². The zero-order chi connectivity index (χ0) is 31.9. The van der Waals surface area contributed by atoms with Crippen LogP contribution in [0, 0.1) is 32.8 Å². The first-order valence-electron chi connectivity index (χ1n) is 14.8.